The van der Waals surface area contributed by atoms with Gasteiger partial charge in [-0.25, -0.2) is 0 Å². The van der Waals surface area contributed by atoms with Gasteiger partial charge >= 0.3 is 0 Å². The van der Waals surface area contributed by atoms with Crippen LogP contribution in [0.5, 0.6) is 0 Å². The van der Waals surface area contributed by atoms with Crippen LogP contribution in [0.2, 0.25) is 0 Å². The van der Waals surface area contributed by atoms with Crippen molar-refractivity contribution in [2.24, 2.45) is 0 Å². The summed E-state index contributed by atoms with van der Waals surface area (Å²) in [5, 5.41) is 0. The van der Waals surface area contributed by atoms with E-state index in [1.54, 1.807) is 0 Å². The number of nitrogens with zero attached hydrogens (tertiary/aromatic N) is 1. The van der Waals surface area contributed by atoms with Crippen LogP contribution in [0.15, 0.2) is 126 Å². The summed E-state index contributed by atoms with van der Waals surface area (Å²) < 4.78 is 1.09. The first kappa shape index (κ1) is 26.7. The van der Waals surface area contributed by atoms with Crippen molar-refractivity contribution in [3.63, 3.8) is 0 Å². The summed E-state index contributed by atoms with van der Waals surface area (Å²) in [5.41, 5.74) is 12.3. The lowest BCUT2D eigenvalue weighted by Gasteiger charge is -2.28. The third-order valence-electron chi connectivity index (χ3n) is 7.52. The number of fused-ring (bicyclic) bond motifs is 3. The molecule has 0 N–H and O–H groups in total. The smallest absolute Gasteiger partial charge is 0.0465 e. The van der Waals surface area contributed by atoms with E-state index < -0.39 is 0 Å². The van der Waals surface area contributed by atoms with Crippen LogP contribution in [-0.2, 0) is 5.41 Å². The molecular formula is C37H34BrN. The molecular weight excluding hydrogens is 538 g/mol. The molecule has 1 aliphatic rings. The molecule has 0 spiro atoms. The Labute approximate surface area is 241 Å². The van der Waals surface area contributed by atoms with Gasteiger partial charge in [-0.1, -0.05) is 123 Å². The summed E-state index contributed by atoms with van der Waals surface area (Å²) in [6, 6.07) is 41.6. The van der Waals surface area contributed by atoms with Crippen LogP contribution >= 0.6 is 15.9 Å². The van der Waals surface area contributed by atoms with Crippen LogP contribution in [-0.4, -0.2) is 0 Å². The Bertz CT molecular complexity index is 1590. The van der Waals surface area contributed by atoms with E-state index in [2.05, 4.69) is 157 Å². The van der Waals surface area contributed by atoms with Gasteiger partial charge in [-0.3, -0.25) is 0 Å². The van der Waals surface area contributed by atoms with Crippen molar-refractivity contribution >= 4 is 39.1 Å². The van der Waals surface area contributed by atoms with E-state index in [1.165, 1.54) is 33.4 Å². The van der Waals surface area contributed by atoms with Gasteiger partial charge in [-0.2, -0.15) is 0 Å². The highest BCUT2D eigenvalue weighted by Crippen LogP contribution is 2.50. The molecule has 39 heavy (non-hydrogen) atoms. The average Bonchev–Trinajstić information content (AvgIpc) is 3.22. The van der Waals surface area contributed by atoms with Gasteiger partial charge in [0.1, 0.15) is 0 Å². The molecule has 5 aromatic carbocycles. The fourth-order valence-corrected chi connectivity index (χ4v) is 5.75. The standard InChI is InChI=1S/C35H28BrN.C2H6/c1-4-24-9-17-28(18-10-24)37(29-19-13-26(14-20-29)25-11-15-27(36)16-12-25)30-21-22-32-31-7-5-6-8-33(31)35(2,3)34(32)23-30;1-2/h4-23H,1H2,2-3H3;1-2H3. The van der Waals surface area contributed by atoms with Crippen LogP contribution in [0.4, 0.5) is 17.1 Å². The molecule has 0 saturated heterocycles. The summed E-state index contributed by atoms with van der Waals surface area (Å²) in [5.74, 6) is 0. The Hall–Kier alpha value is -3.88. The molecule has 0 amide bonds. The third-order valence-corrected chi connectivity index (χ3v) is 8.04. The average molecular weight is 573 g/mol. The first-order valence-electron chi connectivity index (χ1n) is 13.6. The number of hydrogen-bond donors (Lipinski definition) is 0. The van der Waals surface area contributed by atoms with Crippen molar-refractivity contribution in [2.45, 2.75) is 33.1 Å². The molecule has 0 atom stereocenters. The van der Waals surface area contributed by atoms with E-state index in [0.717, 1.165) is 27.1 Å². The summed E-state index contributed by atoms with van der Waals surface area (Å²) in [7, 11) is 0. The number of hydrogen-bond acceptors (Lipinski definition) is 1. The number of anilines is 3. The lowest BCUT2D eigenvalue weighted by molar-refractivity contribution is 0.660. The van der Waals surface area contributed by atoms with Crippen molar-refractivity contribution in [1.29, 1.82) is 0 Å². The summed E-state index contributed by atoms with van der Waals surface area (Å²) in [4.78, 5) is 2.34. The largest absolute Gasteiger partial charge is 0.310 e. The van der Waals surface area contributed by atoms with E-state index in [-0.39, 0.29) is 5.41 Å². The molecule has 0 saturated carbocycles. The molecule has 194 valence electrons. The Morgan fingerprint density at radius 2 is 1.13 bits per heavy atom. The highest BCUT2D eigenvalue weighted by molar-refractivity contribution is 9.10. The zero-order valence-corrected chi connectivity index (χ0v) is 24.7. The zero-order valence-electron chi connectivity index (χ0n) is 23.1. The van der Waals surface area contributed by atoms with Crippen molar-refractivity contribution < 1.29 is 0 Å². The van der Waals surface area contributed by atoms with Crippen molar-refractivity contribution in [2.75, 3.05) is 4.90 Å². The van der Waals surface area contributed by atoms with E-state index >= 15 is 0 Å². The predicted molar refractivity (Wildman–Crippen MR) is 173 cm³/mol. The van der Waals surface area contributed by atoms with Gasteiger partial charge < -0.3 is 4.90 Å². The summed E-state index contributed by atoms with van der Waals surface area (Å²) in [6.45, 7) is 12.6. The second kappa shape index (κ2) is 11.1. The van der Waals surface area contributed by atoms with E-state index in [0.29, 0.717) is 0 Å². The van der Waals surface area contributed by atoms with Gasteiger partial charge in [0, 0.05) is 26.9 Å². The van der Waals surface area contributed by atoms with E-state index in [1.807, 2.05) is 19.9 Å². The van der Waals surface area contributed by atoms with Crippen molar-refractivity contribution in [3.05, 3.63) is 143 Å². The molecule has 0 radical (unpaired) electrons. The highest BCUT2D eigenvalue weighted by atomic mass is 79.9. The molecule has 0 bridgehead atoms. The predicted octanol–water partition coefficient (Wildman–Crippen LogP) is 11.6. The maximum absolute atomic E-state index is 3.92. The lowest BCUT2D eigenvalue weighted by atomic mass is 9.82. The SMILES string of the molecule is C=Cc1ccc(N(c2ccc(-c3ccc(Br)cc3)cc2)c2ccc3c(c2)C(C)(C)c2ccccc2-3)cc1.CC. The van der Waals surface area contributed by atoms with Crippen LogP contribution in [0.1, 0.15) is 44.4 Å². The summed E-state index contributed by atoms with van der Waals surface area (Å²) >= 11 is 3.54. The Balaban J connectivity index is 0.00000151. The van der Waals surface area contributed by atoms with Gasteiger partial charge in [0.05, 0.1) is 0 Å². The lowest BCUT2D eigenvalue weighted by Crippen LogP contribution is -2.16. The fourth-order valence-electron chi connectivity index (χ4n) is 5.48. The molecule has 0 aliphatic heterocycles. The van der Waals surface area contributed by atoms with Crippen LogP contribution in [0.25, 0.3) is 28.3 Å². The fraction of sp³-hybridized carbons (Fsp3) is 0.135. The molecule has 5 aromatic rings. The minimum Gasteiger partial charge on any atom is -0.310 e. The minimum atomic E-state index is -0.0499. The maximum Gasteiger partial charge on any atom is 0.0465 e. The Kier molecular flexibility index (Phi) is 7.59. The topological polar surface area (TPSA) is 3.24 Å². The van der Waals surface area contributed by atoms with Gasteiger partial charge in [-0.15, -0.1) is 0 Å². The second-order valence-electron chi connectivity index (χ2n) is 10.1. The maximum atomic E-state index is 3.92. The van der Waals surface area contributed by atoms with Crippen LogP contribution in [0, 0.1) is 0 Å². The normalized spacial score (nSPS) is 12.5. The first-order chi connectivity index (χ1) is 19.0. The van der Waals surface area contributed by atoms with Gasteiger partial charge in [0.15, 0.2) is 0 Å². The monoisotopic (exact) mass is 571 g/mol. The van der Waals surface area contributed by atoms with Crippen LogP contribution in [0.3, 0.4) is 0 Å². The van der Waals surface area contributed by atoms with Gasteiger partial charge in [0.25, 0.3) is 0 Å². The van der Waals surface area contributed by atoms with Gasteiger partial charge in [0.2, 0.25) is 0 Å². The quantitative estimate of drug-likeness (QED) is 0.202. The number of benzene rings is 5. The Morgan fingerprint density at radius 3 is 1.74 bits per heavy atom. The van der Waals surface area contributed by atoms with E-state index in [9.17, 15) is 0 Å². The highest BCUT2D eigenvalue weighted by Gasteiger charge is 2.35. The number of rotatable bonds is 5. The molecule has 2 heteroatoms. The van der Waals surface area contributed by atoms with Crippen molar-refractivity contribution in [3.8, 4) is 22.3 Å². The third kappa shape index (κ3) is 4.97. The van der Waals surface area contributed by atoms with Gasteiger partial charge in [-0.05, 0) is 87.5 Å². The van der Waals surface area contributed by atoms with Crippen molar-refractivity contribution in [1.82, 2.24) is 0 Å². The summed E-state index contributed by atoms with van der Waals surface area (Å²) in [6.07, 6.45) is 1.89. The minimum absolute atomic E-state index is 0.0499. The zero-order chi connectivity index (χ0) is 27.6. The Morgan fingerprint density at radius 1 is 0.615 bits per heavy atom. The molecule has 1 aliphatic carbocycles. The molecule has 0 aromatic heterocycles. The molecule has 1 nitrogen and oxygen atoms in total. The van der Waals surface area contributed by atoms with Crippen LogP contribution < -0.4 is 4.90 Å². The first-order valence-corrected chi connectivity index (χ1v) is 14.4. The molecule has 0 heterocycles. The second-order valence-corrected chi connectivity index (χ2v) is 11.0. The molecule has 6 rings (SSSR count). The molecule has 0 unspecified atom stereocenters. The van der Waals surface area contributed by atoms with E-state index in [4.69, 9.17) is 0 Å². The molecule has 0 fully saturated rings. The number of halogens is 1.